The highest BCUT2D eigenvalue weighted by Gasteiger charge is 2.29. The quantitative estimate of drug-likeness (QED) is 0.777. The summed E-state index contributed by atoms with van der Waals surface area (Å²) in [5.74, 6) is 1.25. The Balaban J connectivity index is 0.00000225. The van der Waals surface area contributed by atoms with Gasteiger partial charge in [-0.3, -0.25) is 4.99 Å². The molecule has 0 saturated heterocycles. The van der Waals surface area contributed by atoms with E-state index in [9.17, 15) is 5.11 Å². The van der Waals surface area contributed by atoms with Crippen LogP contribution in [0.25, 0.3) is 0 Å². The molecule has 0 atom stereocenters. The van der Waals surface area contributed by atoms with Crippen molar-refractivity contribution in [1.29, 1.82) is 0 Å². The summed E-state index contributed by atoms with van der Waals surface area (Å²) in [5.41, 5.74) is 3.90. The Labute approximate surface area is 161 Å². The molecule has 138 valence electrons. The summed E-state index contributed by atoms with van der Waals surface area (Å²) in [6, 6.07) is 4.23. The lowest BCUT2D eigenvalue weighted by molar-refractivity contribution is 0.423. The zero-order valence-electron chi connectivity index (χ0n) is 15.9. The number of aromatic hydroxyl groups is 1. The number of nitrogens with zero attached hydrogens (tertiary/aromatic N) is 3. The van der Waals surface area contributed by atoms with Crippen LogP contribution in [0.3, 0.4) is 0 Å². The number of benzene rings is 1. The van der Waals surface area contributed by atoms with E-state index in [0.29, 0.717) is 5.75 Å². The van der Waals surface area contributed by atoms with Gasteiger partial charge in [-0.2, -0.15) is 5.10 Å². The summed E-state index contributed by atoms with van der Waals surface area (Å²) >= 11 is 1.75. The molecule has 0 saturated carbocycles. The molecule has 2 heterocycles. The van der Waals surface area contributed by atoms with Gasteiger partial charge in [0.2, 0.25) is 0 Å². The first-order valence-corrected chi connectivity index (χ1v) is 9.46. The molecular formula is C19H28ClN3OS. The highest BCUT2D eigenvalue weighted by molar-refractivity contribution is 8.14. The van der Waals surface area contributed by atoms with E-state index in [1.807, 2.05) is 5.01 Å². The summed E-state index contributed by atoms with van der Waals surface area (Å²) in [6.07, 6.45) is 0. The topological polar surface area (TPSA) is 48.2 Å². The van der Waals surface area contributed by atoms with Gasteiger partial charge >= 0.3 is 0 Å². The maximum atomic E-state index is 10.9. The van der Waals surface area contributed by atoms with Gasteiger partial charge in [0, 0.05) is 16.9 Å². The Hall–Kier alpha value is -1.20. The minimum Gasteiger partial charge on any atom is -0.507 e. The monoisotopic (exact) mass is 381 g/mol. The summed E-state index contributed by atoms with van der Waals surface area (Å²) < 4.78 is 0. The second kappa shape index (κ2) is 6.84. The number of halogens is 1. The Morgan fingerprint density at radius 1 is 1.04 bits per heavy atom. The van der Waals surface area contributed by atoms with E-state index in [4.69, 9.17) is 5.10 Å². The molecule has 1 aromatic rings. The molecule has 0 amide bonds. The van der Waals surface area contributed by atoms with Gasteiger partial charge < -0.3 is 5.11 Å². The molecule has 1 aromatic carbocycles. The number of fused-ring (bicyclic) bond motifs is 1. The van der Waals surface area contributed by atoms with Gasteiger partial charge in [-0.05, 0) is 28.5 Å². The molecule has 3 rings (SSSR count). The van der Waals surface area contributed by atoms with Crippen LogP contribution in [0, 0.1) is 0 Å². The van der Waals surface area contributed by atoms with Crippen molar-refractivity contribution in [3.05, 3.63) is 28.8 Å². The van der Waals surface area contributed by atoms with Crippen LogP contribution < -0.4 is 0 Å². The third-order valence-electron chi connectivity index (χ3n) is 4.42. The number of phenolic OH excluding ortho intramolecular Hbond substituents is 1. The lowest BCUT2D eigenvalue weighted by Crippen LogP contribution is -2.29. The van der Waals surface area contributed by atoms with Crippen LogP contribution in [0.5, 0.6) is 5.75 Å². The molecule has 0 unspecified atom stereocenters. The smallest absolute Gasteiger partial charge is 0.180 e. The fraction of sp³-hybridized carbons (Fsp3) is 0.579. The fourth-order valence-corrected chi connectivity index (χ4v) is 3.98. The van der Waals surface area contributed by atoms with Gasteiger partial charge in [-0.25, -0.2) is 5.01 Å². The van der Waals surface area contributed by atoms with Crippen molar-refractivity contribution < 1.29 is 5.11 Å². The molecule has 25 heavy (non-hydrogen) atoms. The van der Waals surface area contributed by atoms with Crippen LogP contribution >= 0.6 is 24.2 Å². The van der Waals surface area contributed by atoms with Crippen molar-refractivity contribution in [1.82, 2.24) is 5.01 Å². The Bertz CT molecular complexity index is 694. The largest absolute Gasteiger partial charge is 0.507 e. The zero-order valence-corrected chi connectivity index (χ0v) is 17.5. The number of hydrazone groups is 1. The summed E-state index contributed by atoms with van der Waals surface area (Å²) in [4.78, 5) is 4.47. The van der Waals surface area contributed by atoms with Crippen molar-refractivity contribution in [2.24, 2.45) is 10.1 Å². The average molecular weight is 382 g/mol. The van der Waals surface area contributed by atoms with Crippen LogP contribution in [0.4, 0.5) is 0 Å². The average Bonchev–Trinajstić information content (AvgIpc) is 2.92. The van der Waals surface area contributed by atoms with E-state index >= 15 is 0 Å². The van der Waals surface area contributed by atoms with Crippen LogP contribution in [-0.4, -0.2) is 39.8 Å². The first-order valence-electron chi connectivity index (χ1n) is 8.48. The highest BCUT2D eigenvalue weighted by Crippen LogP contribution is 2.40. The molecule has 0 fully saturated rings. The highest BCUT2D eigenvalue weighted by atomic mass is 35.5. The molecule has 0 aliphatic carbocycles. The van der Waals surface area contributed by atoms with Crippen molar-refractivity contribution in [2.75, 3.05) is 18.8 Å². The molecule has 6 heteroatoms. The maximum absolute atomic E-state index is 10.9. The van der Waals surface area contributed by atoms with Crippen molar-refractivity contribution in [2.45, 2.75) is 52.4 Å². The minimum atomic E-state index is -0.122. The third-order valence-corrected chi connectivity index (χ3v) is 5.43. The van der Waals surface area contributed by atoms with Gasteiger partial charge in [0.25, 0.3) is 0 Å². The van der Waals surface area contributed by atoms with Crippen molar-refractivity contribution >= 4 is 35.0 Å². The standard InChI is InChI=1S/C19H27N3OS.ClH/c1-18(2,3)13-9-12(10-14(16(13)23)19(4,5)6)15-11-24-17-20-7-8-22(17)21-15;/h9-10,23H,7-8,11H2,1-6H3;1H. The van der Waals surface area contributed by atoms with E-state index in [1.165, 1.54) is 0 Å². The summed E-state index contributed by atoms with van der Waals surface area (Å²) in [6.45, 7) is 14.5. The fourth-order valence-electron chi connectivity index (χ4n) is 3.02. The van der Waals surface area contributed by atoms with Crippen LogP contribution in [0.1, 0.15) is 58.2 Å². The predicted molar refractivity (Wildman–Crippen MR) is 111 cm³/mol. The molecule has 4 nitrogen and oxygen atoms in total. The number of rotatable bonds is 1. The van der Waals surface area contributed by atoms with Crippen molar-refractivity contribution in [3.63, 3.8) is 0 Å². The Morgan fingerprint density at radius 2 is 1.60 bits per heavy atom. The molecular weight excluding hydrogens is 354 g/mol. The number of phenols is 1. The molecule has 0 spiro atoms. The number of hydrogen-bond acceptors (Lipinski definition) is 5. The van der Waals surface area contributed by atoms with Crippen LogP contribution in [0.15, 0.2) is 22.2 Å². The Morgan fingerprint density at radius 3 is 2.12 bits per heavy atom. The first-order chi connectivity index (χ1) is 11.1. The molecule has 2 aliphatic heterocycles. The van der Waals surface area contributed by atoms with Gasteiger partial charge in [0.05, 0.1) is 18.8 Å². The molecule has 2 aliphatic rings. The SMILES string of the molecule is CC(C)(C)c1cc(C2=NN3CCN=C3SC2)cc(C(C)(C)C)c1O.Cl. The van der Waals surface area contributed by atoms with Crippen molar-refractivity contribution in [3.8, 4) is 5.75 Å². The van der Waals surface area contributed by atoms with Gasteiger partial charge in [0.1, 0.15) is 5.75 Å². The first kappa shape index (κ1) is 20.1. The Kier molecular flexibility index (Phi) is 5.50. The lowest BCUT2D eigenvalue weighted by atomic mass is 9.78. The summed E-state index contributed by atoms with van der Waals surface area (Å²) in [7, 11) is 0. The van der Waals surface area contributed by atoms with E-state index in [1.54, 1.807) is 11.8 Å². The maximum Gasteiger partial charge on any atom is 0.180 e. The predicted octanol–water partition coefficient (Wildman–Crippen LogP) is 4.53. The number of hydrogen-bond donors (Lipinski definition) is 1. The van der Waals surface area contributed by atoms with Gasteiger partial charge in [-0.15, -0.1) is 12.4 Å². The normalized spacial score (nSPS) is 17.6. The van der Waals surface area contributed by atoms with E-state index in [0.717, 1.165) is 46.4 Å². The number of amidine groups is 1. The second-order valence-corrected chi connectivity index (χ2v) is 9.49. The van der Waals surface area contributed by atoms with Gasteiger partial charge in [0.15, 0.2) is 5.17 Å². The minimum absolute atomic E-state index is 0. The number of thioether (sulfide) groups is 1. The van der Waals surface area contributed by atoms with Crippen LogP contribution in [0.2, 0.25) is 0 Å². The summed E-state index contributed by atoms with van der Waals surface area (Å²) in [5, 5.41) is 18.7. The molecule has 0 radical (unpaired) electrons. The van der Waals surface area contributed by atoms with Gasteiger partial charge in [-0.1, -0.05) is 53.3 Å². The molecule has 0 bridgehead atoms. The van der Waals surface area contributed by atoms with E-state index in [2.05, 4.69) is 58.7 Å². The zero-order chi connectivity index (χ0) is 17.7. The molecule has 0 aromatic heterocycles. The molecule has 1 N–H and O–H groups in total. The number of aliphatic imine (C=N–C) groups is 1. The lowest BCUT2D eigenvalue weighted by Gasteiger charge is -2.29. The van der Waals surface area contributed by atoms with E-state index in [-0.39, 0.29) is 23.2 Å². The van der Waals surface area contributed by atoms with Crippen LogP contribution in [-0.2, 0) is 10.8 Å². The van der Waals surface area contributed by atoms with E-state index < -0.39 is 0 Å². The second-order valence-electron chi connectivity index (χ2n) is 8.54. The third kappa shape index (κ3) is 3.98.